The van der Waals surface area contributed by atoms with E-state index in [2.05, 4.69) is 73.0 Å². The topological polar surface area (TPSA) is 307 Å². The summed E-state index contributed by atoms with van der Waals surface area (Å²) in [7, 11) is 0. The largest absolute Gasteiger partial charge is 0.394 e. The van der Waals surface area contributed by atoms with E-state index < -0.39 is 124 Å². The molecule has 1 amide bonds. The van der Waals surface area contributed by atoms with E-state index in [1.54, 1.807) is 6.08 Å². The van der Waals surface area contributed by atoms with E-state index >= 15 is 0 Å². The molecule has 0 bridgehead atoms. The molecular formula is C71H125NO18. The Hall–Kier alpha value is -2.77. The molecular weight excluding hydrogens is 1150 g/mol. The summed E-state index contributed by atoms with van der Waals surface area (Å²) in [5.74, 6) is -0.283. The van der Waals surface area contributed by atoms with Gasteiger partial charge in [0.05, 0.1) is 38.6 Å². The molecule has 17 atom stereocenters. The van der Waals surface area contributed by atoms with Crippen LogP contribution in [0.15, 0.2) is 72.9 Å². The lowest BCUT2D eigenvalue weighted by atomic mass is 9.96. The maximum Gasteiger partial charge on any atom is 0.220 e. The fraction of sp³-hybridized carbons (Fsp3) is 0.817. The van der Waals surface area contributed by atoms with E-state index in [-0.39, 0.29) is 18.9 Å². The van der Waals surface area contributed by atoms with Crippen molar-refractivity contribution in [1.29, 1.82) is 0 Å². The molecule has 3 aliphatic rings. The number of aliphatic hydroxyl groups excluding tert-OH is 11. The first-order valence-corrected chi connectivity index (χ1v) is 35.2. The quantitative estimate of drug-likeness (QED) is 0.0199. The van der Waals surface area contributed by atoms with E-state index in [0.717, 1.165) is 64.2 Å². The molecule has 0 aromatic heterocycles. The zero-order chi connectivity index (χ0) is 65.4. The van der Waals surface area contributed by atoms with Gasteiger partial charge in [-0.05, 0) is 57.8 Å². The van der Waals surface area contributed by atoms with Gasteiger partial charge < -0.3 is 89.9 Å². The number of unbranched alkanes of at least 4 members (excludes halogenated alkanes) is 27. The minimum atomic E-state index is -1.98. The van der Waals surface area contributed by atoms with Gasteiger partial charge in [0.2, 0.25) is 5.91 Å². The van der Waals surface area contributed by atoms with E-state index in [4.69, 9.17) is 28.4 Å². The molecule has 3 heterocycles. The molecule has 0 spiro atoms. The Kier molecular flexibility index (Phi) is 47.5. The van der Waals surface area contributed by atoms with Gasteiger partial charge in [0.1, 0.15) is 73.2 Å². The highest BCUT2D eigenvalue weighted by atomic mass is 16.8. The Labute approximate surface area is 540 Å². The Morgan fingerprint density at radius 2 is 0.767 bits per heavy atom. The molecule has 522 valence electrons. The van der Waals surface area contributed by atoms with Crippen molar-refractivity contribution in [3.8, 4) is 0 Å². The minimum Gasteiger partial charge on any atom is -0.394 e. The number of amides is 1. The molecule has 3 aliphatic heterocycles. The molecule has 0 radical (unpaired) electrons. The first-order chi connectivity index (χ1) is 43.8. The molecule has 3 fully saturated rings. The molecule has 19 heteroatoms. The molecule has 12 N–H and O–H groups in total. The SMILES string of the molecule is CC/C=C\C/C=C\C/C=C\C/C=C\C/C=C\CCCCCCCCCCCCCCCCCCCCCCCCCCCC(=O)NC(COC1OC(CO)C(OC2OC(CO)C(OC3OC(CO)C(O)C(O)C3O)C(O)C2O)C(O)C1O)C(O)/C=C/CCCC. The van der Waals surface area contributed by atoms with Gasteiger partial charge in [0, 0.05) is 6.42 Å². The summed E-state index contributed by atoms with van der Waals surface area (Å²) in [5.41, 5.74) is 0. The molecule has 3 rings (SSSR count). The van der Waals surface area contributed by atoms with Crippen LogP contribution >= 0.6 is 0 Å². The zero-order valence-electron chi connectivity index (χ0n) is 55.1. The highest BCUT2D eigenvalue weighted by molar-refractivity contribution is 5.76. The maximum absolute atomic E-state index is 13.2. The van der Waals surface area contributed by atoms with Crippen molar-refractivity contribution in [3.63, 3.8) is 0 Å². The number of hydrogen-bond acceptors (Lipinski definition) is 18. The normalized spacial score (nSPS) is 28.5. The number of nitrogens with one attached hydrogen (secondary N) is 1. The summed E-state index contributed by atoms with van der Waals surface area (Å²) in [6.45, 7) is 1.44. The number of carbonyl (C=O) groups is 1. The lowest BCUT2D eigenvalue weighted by Gasteiger charge is -2.48. The van der Waals surface area contributed by atoms with Gasteiger partial charge >= 0.3 is 0 Å². The summed E-state index contributed by atoms with van der Waals surface area (Å²) in [4.78, 5) is 13.2. The Morgan fingerprint density at radius 1 is 0.411 bits per heavy atom. The summed E-state index contributed by atoms with van der Waals surface area (Å²) >= 11 is 0. The van der Waals surface area contributed by atoms with Crippen molar-refractivity contribution < 1.29 is 89.4 Å². The lowest BCUT2D eigenvalue weighted by molar-refractivity contribution is -0.379. The van der Waals surface area contributed by atoms with Crippen molar-refractivity contribution in [3.05, 3.63) is 72.9 Å². The first kappa shape index (κ1) is 81.5. The van der Waals surface area contributed by atoms with Crippen molar-refractivity contribution in [1.82, 2.24) is 5.32 Å². The lowest BCUT2D eigenvalue weighted by Crippen LogP contribution is -2.66. The second-order valence-electron chi connectivity index (χ2n) is 25.0. The third-order valence-electron chi connectivity index (χ3n) is 17.3. The van der Waals surface area contributed by atoms with Crippen LogP contribution in [0, 0.1) is 0 Å². The predicted molar refractivity (Wildman–Crippen MR) is 351 cm³/mol. The Morgan fingerprint density at radius 3 is 1.19 bits per heavy atom. The molecule has 0 aromatic carbocycles. The number of aliphatic hydroxyl groups is 11. The van der Waals surface area contributed by atoms with Gasteiger partial charge in [0.15, 0.2) is 18.9 Å². The van der Waals surface area contributed by atoms with E-state index in [1.165, 1.54) is 141 Å². The van der Waals surface area contributed by atoms with Gasteiger partial charge in [-0.3, -0.25) is 4.79 Å². The van der Waals surface area contributed by atoms with Crippen LogP contribution in [-0.4, -0.2) is 193 Å². The van der Waals surface area contributed by atoms with Crippen molar-refractivity contribution in [2.24, 2.45) is 0 Å². The summed E-state index contributed by atoms with van der Waals surface area (Å²) < 4.78 is 34.1. The third-order valence-corrected chi connectivity index (χ3v) is 17.3. The second kappa shape index (κ2) is 52.5. The maximum atomic E-state index is 13.2. The van der Waals surface area contributed by atoms with Gasteiger partial charge in [-0.25, -0.2) is 0 Å². The average Bonchev–Trinajstić information content (AvgIpc) is 1.63. The zero-order valence-corrected chi connectivity index (χ0v) is 55.1. The fourth-order valence-electron chi connectivity index (χ4n) is 11.6. The van der Waals surface area contributed by atoms with Crippen LogP contribution in [0.2, 0.25) is 0 Å². The van der Waals surface area contributed by atoms with Crippen LogP contribution in [0.4, 0.5) is 0 Å². The number of hydrogen-bond donors (Lipinski definition) is 12. The third kappa shape index (κ3) is 34.1. The number of rotatable bonds is 53. The summed E-state index contributed by atoms with van der Waals surface area (Å²) in [5, 5.41) is 119. The second-order valence-corrected chi connectivity index (χ2v) is 25.0. The molecule has 0 aliphatic carbocycles. The van der Waals surface area contributed by atoms with Crippen LogP contribution in [0.1, 0.15) is 239 Å². The van der Waals surface area contributed by atoms with Gasteiger partial charge in [-0.1, -0.05) is 247 Å². The van der Waals surface area contributed by atoms with Gasteiger partial charge in [0.25, 0.3) is 0 Å². The molecule has 3 saturated heterocycles. The number of allylic oxidation sites excluding steroid dienone is 11. The van der Waals surface area contributed by atoms with Crippen LogP contribution < -0.4 is 5.32 Å². The van der Waals surface area contributed by atoms with Gasteiger partial charge in [-0.15, -0.1) is 0 Å². The van der Waals surface area contributed by atoms with E-state index in [0.29, 0.717) is 12.8 Å². The van der Waals surface area contributed by atoms with Crippen LogP contribution in [0.3, 0.4) is 0 Å². The van der Waals surface area contributed by atoms with Crippen LogP contribution in [0.25, 0.3) is 0 Å². The number of carbonyl (C=O) groups excluding carboxylic acids is 1. The van der Waals surface area contributed by atoms with E-state index in [1.807, 2.05) is 13.0 Å². The average molecular weight is 1280 g/mol. The first-order valence-electron chi connectivity index (χ1n) is 35.2. The minimum absolute atomic E-state index is 0.243. The highest BCUT2D eigenvalue weighted by Crippen LogP contribution is 2.33. The molecule has 0 saturated carbocycles. The predicted octanol–water partition coefficient (Wildman–Crippen LogP) is 9.33. The Balaban J connectivity index is 1.19. The van der Waals surface area contributed by atoms with Crippen LogP contribution in [0.5, 0.6) is 0 Å². The Bertz CT molecular complexity index is 1920. The number of ether oxygens (including phenoxy) is 6. The van der Waals surface area contributed by atoms with Crippen molar-refractivity contribution >= 4 is 5.91 Å². The fourth-order valence-corrected chi connectivity index (χ4v) is 11.6. The molecule has 90 heavy (non-hydrogen) atoms. The van der Waals surface area contributed by atoms with Gasteiger partial charge in [-0.2, -0.15) is 0 Å². The molecule has 0 aromatic rings. The summed E-state index contributed by atoms with van der Waals surface area (Å²) in [6, 6.07) is -0.968. The van der Waals surface area contributed by atoms with Crippen molar-refractivity contribution in [2.45, 2.75) is 343 Å². The monoisotopic (exact) mass is 1280 g/mol. The van der Waals surface area contributed by atoms with Crippen molar-refractivity contribution in [2.75, 3.05) is 26.4 Å². The van der Waals surface area contributed by atoms with E-state index in [9.17, 15) is 61.0 Å². The smallest absolute Gasteiger partial charge is 0.220 e. The van der Waals surface area contributed by atoms with Crippen LogP contribution in [-0.2, 0) is 33.2 Å². The summed E-state index contributed by atoms with van der Waals surface area (Å²) in [6.07, 6.45) is 40.4. The standard InChI is InChI=1S/C71H125NO18/c1-3-5-7-9-10-11-12-13-14-15-16-17-18-19-20-21-22-23-24-25-26-27-28-29-30-31-32-33-34-35-36-37-38-39-40-41-42-43-44-45-47-49-59(77)72-54(55(76)48-46-8-6-4-2)53-85-69-65(83)62(80)67(57(51-74)87-69)90-71-66(84)63(81)68(58(52-75)88-71)89-70-64(82)61(79)60(78)56(50-73)86-70/h5,7,10-11,13-14,16-17,19-20,46,48,54-58,60-71,73-76,78-84H,3-4,6,8-9,12,15,18,21-45,47,49-53H2,1-2H3,(H,72,77)/b7-5-,11-10-,14-13-,17-16-,20-19-,48-46+. The molecule has 19 nitrogen and oxygen atoms in total. The molecule has 17 unspecified atom stereocenters. The highest BCUT2D eigenvalue weighted by Gasteiger charge is 2.53.